The van der Waals surface area contributed by atoms with Gasteiger partial charge in [0.05, 0.1) is 32.1 Å². The van der Waals surface area contributed by atoms with E-state index in [9.17, 15) is 48.0 Å². The van der Waals surface area contributed by atoms with Gasteiger partial charge < -0.3 is 5.73 Å². The van der Waals surface area contributed by atoms with E-state index in [1.54, 1.807) is 6.07 Å². The Bertz CT molecular complexity index is 2160. The van der Waals surface area contributed by atoms with Gasteiger partial charge in [0.2, 0.25) is 10.0 Å². The summed E-state index contributed by atoms with van der Waals surface area (Å²) in [6.07, 6.45) is -10.5. The number of alkyl halides is 6. The van der Waals surface area contributed by atoms with Crippen LogP contribution in [0.4, 0.5) is 32.0 Å². The summed E-state index contributed by atoms with van der Waals surface area (Å²) in [6, 6.07) is 11.9. The number of rotatable bonds is 6. The van der Waals surface area contributed by atoms with E-state index in [4.69, 9.17) is 10.9 Å². The summed E-state index contributed by atoms with van der Waals surface area (Å²) in [5, 5.41) is 10.3. The zero-order valence-corrected chi connectivity index (χ0v) is 23.2. The molecule has 10 nitrogen and oxygen atoms in total. The lowest BCUT2D eigenvalue weighted by Gasteiger charge is -2.15. The molecule has 0 radical (unpaired) electrons. The van der Waals surface area contributed by atoms with Crippen molar-refractivity contribution in [1.82, 2.24) is 9.78 Å². The molecule has 5 aromatic rings. The van der Waals surface area contributed by atoms with Gasteiger partial charge in [-0.05, 0) is 66.0 Å². The van der Waals surface area contributed by atoms with Crippen LogP contribution in [0.3, 0.4) is 0 Å². The Labute approximate surface area is 244 Å². The monoisotopic (exact) mass is 657 g/mol. The van der Waals surface area contributed by atoms with E-state index in [-0.39, 0.29) is 56.5 Å². The molecule has 0 spiro atoms. The molecule has 0 atom stereocenters. The molecule has 4 aromatic carbocycles. The molecule has 0 bridgehead atoms. The molecule has 1 heterocycles. The van der Waals surface area contributed by atoms with E-state index in [2.05, 4.69) is 5.10 Å². The number of halogens is 6. The van der Waals surface area contributed by atoms with Gasteiger partial charge in [-0.3, -0.25) is 9.52 Å². The number of carbonyl (C=O) groups is 1. The maximum absolute atomic E-state index is 13.3. The standard InChI is InChI=1S/C26H17F6N5O5S2/c27-25(28,29)14-9-15(26(30,31)32)11-19(10-14)44(41,42)36-16-3-1-13-2-8-20-22(24(33)38)35-37(23(20)21(13)12-16)17-4-6-18(7-5-17)43(34,39)40/h1-12,36H,(H2,33,38)(H2,34,39,40). The van der Waals surface area contributed by atoms with Gasteiger partial charge in [0.1, 0.15) is 0 Å². The lowest BCUT2D eigenvalue weighted by molar-refractivity contribution is -0.143. The van der Waals surface area contributed by atoms with Crippen molar-refractivity contribution in [2.45, 2.75) is 22.1 Å². The number of anilines is 1. The molecule has 0 aliphatic rings. The average molecular weight is 658 g/mol. The molecule has 44 heavy (non-hydrogen) atoms. The van der Waals surface area contributed by atoms with Crippen molar-refractivity contribution in [1.29, 1.82) is 0 Å². The molecule has 1 amide bonds. The number of benzene rings is 4. The highest BCUT2D eigenvalue weighted by Gasteiger charge is 2.38. The molecule has 18 heteroatoms. The normalized spacial score (nSPS) is 13.0. The zero-order valence-electron chi connectivity index (χ0n) is 21.6. The maximum atomic E-state index is 13.3. The number of primary amides is 1. The smallest absolute Gasteiger partial charge is 0.364 e. The summed E-state index contributed by atoms with van der Waals surface area (Å²) in [6.45, 7) is 0. The highest BCUT2D eigenvalue weighted by molar-refractivity contribution is 7.92. The van der Waals surface area contributed by atoms with Gasteiger partial charge in [-0.2, -0.15) is 31.4 Å². The van der Waals surface area contributed by atoms with E-state index >= 15 is 0 Å². The van der Waals surface area contributed by atoms with Crippen LogP contribution in [0.5, 0.6) is 0 Å². The predicted molar refractivity (Wildman–Crippen MR) is 146 cm³/mol. The summed E-state index contributed by atoms with van der Waals surface area (Å²) in [7, 11) is -9.05. The fourth-order valence-electron chi connectivity index (χ4n) is 4.43. The number of amides is 1. The van der Waals surface area contributed by atoms with Crippen LogP contribution in [-0.4, -0.2) is 32.5 Å². The number of nitrogens with two attached hydrogens (primary N) is 2. The quantitative estimate of drug-likeness (QED) is 0.223. The molecule has 0 aliphatic heterocycles. The number of aromatic nitrogens is 2. The predicted octanol–water partition coefficient (Wildman–Crippen LogP) is 4.76. The molecule has 0 fully saturated rings. The van der Waals surface area contributed by atoms with E-state index in [1.807, 2.05) is 4.72 Å². The Balaban J connectivity index is 1.67. The number of fused-ring (bicyclic) bond motifs is 3. The third kappa shape index (κ3) is 5.78. The van der Waals surface area contributed by atoms with Crippen molar-refractivity contribution in [2.75, 3.05) is 4.72 Å². The van der Waals surface area contributed by atoms with Crippen LogP contribution in [-0.2, 0) is 32.4 Å². The van der Waals surface area contributed by atoms with Crippen molar-refractivity contribution in [3.63, 3.8) is 0 Å². The Morgan fingerprint density at radius 1 is 0.750 bits per heavy atom. The van der Waals surface area contributed by atoms with Gasteiger partial charge in [-0.15, -0.1) is 0 Å². The minimum atomic E-state index is -5.27. The first kappa shape index (κ1) is 30.8. The minimum absolute atomic E-state index is 0.0796. The van der Waals surface area contributed by atoms with Crippen LogP contribution in [0.15, 0.2) is 82.6 Å². The summed E-state index contributed by atoms with van der Waals surface area (Å²) in [5.74, 6) is -0.934. The molecule has 0 saturated carbocycles. The van der Waals surface area contributed by atoms with Crippen molar-refractivity contribution >= 4 is 53.3 Å². The Kier molecular flexibility index (Phi) is 7.14. The van der Waals surface area contributed by atoms with Gasteiger partial charge >= 0.3 is 12.4 Å². The van der Waals surface area contributed by atoms with E-state index < -0.39 is 54.3 Å². The number of nitrogens with zero attached hydrogens (tertiary/aromatic N) is 2. The Morgan fingerprint density at radius 3 is 1.84 bits per heavy atom. The second kappa shape index (κ2) is 10.2. The first-order valence-corrected chi connectivity index (χ1v) is 15.0. The van der Waals surface area contributed by atoms with Crippen LogP contribution in [0.1, 0.15) is 21.6 Å². The summed E-state index contributed by atoms with van der Waals surface area (Å²) >= 11 is 0. The average Bonchev–Trinajstić information content (AvgIpc) is 3.32. The lowest BCUT2D eigenvalue weighted by atomic mass is 10.0. The fourth-order valence-corrected chi connectivity index (χ4v) is 6.07. The van der Waals surface area contributed by atoms with Gasteiger partial charge in [0, 0.05) is 16.5 Å². The van der Waals surface area contributed by atoms with E-state index in [0.717, 1.165) is 0 Å². The molecule has 5 N–H and O–H groups in total. The molecule has 5 rings (SSSR count). The number of hydrogen-bond acceptors (Lipinski definition) is 6. The number of hydrogen-bond donors (Lipinski definition) is 3. The second-order valence-electron chi connectivity index (χ2n) is 9.41. The minimum Gasteiger partial charge on any atom is -0.364 e. The summed E-state index contributed by atoms with van der Waals surface area (Å²) in [4.78, 5) is 10.7. The van der Waals surface area contributed by atoms with E-state index in [1.165, 1.54) is 53.2 Å². The maximum Gasteiger partial charge on any atom is 0.416 e. The number of primary sulfonamides is 1. The Morgan fingerprint density at radius 2 is 1.32 bits per heavy atom. The molecule has 0 saturated heterocycles. The summed E-state index contributed by atoms with van der Waals surface area (Å²) < 4.78 is 133. The van der Waals surface area contributed by atoms with Crippen molar-refractivity contribution < 1.29 is 48.0 Å². The first-order chi connectivity index (χ1) is 20.3. The first-order valence-electron chi connectivity index (χ1n) is 12.0. The van der Waals surface area contributed by atoms with Gasteiger partial charge in [0.15, 0.2) is 5.69 Å². The highest BCUT2D eigenvalue weighted by atomic mass is 32.2. The molecule has 0 aliphatic carbocycles. The van der Waals surface area contributed by atoms with Crippen LogP contribution in [0.2, 0.25) is 0 Å². The third-order valence-corrected chi connectivity index (χ3v) is 8.72. The van der Waals surface area contributed by atoms with Gasteiger partial charge in [-0.1, -0.05) is 12.1 Å². The fraction of sp³-hybridized carbons (Fsp3) is 0.0769. The lowest BCUT2D eigenvalue weighted by Crippen LogP contribution is -2.17. The van der Waals surface area contributed by atoms with Crippen LogP contribution in [0.25, 0.3) is 27.4 Å². The van der Waals surface area contributed by atoms with Crippen LogP contribution < -0.4 is 15.6 Å². The molecule has 1 aromatic heterocycles. The third-order valence-electron chi connectivity index (χ3n) is 6.43. The number of carbonyl (C=O) groups excluding carboxylic acids is 1. The van der Waals surface area contributed by atoms with Crippen LogP contribution >= 0.6 is 0 Å². The van der Waals surface area contributed by atoms with Crippen LogP contribution in [0, 0.1) is 0 Å². The zero-order chi connectivity index (χ0) is 32.4. The van der Waals surface area contributed by atoms with Gasteiger partial charge in [0.25, 0.3) is 15.9 Å². The number of sulfonamides is 2. The van der Waals surface area contributed by atoms with Crippen molar-refractivity contribution in [3.8, 4) is 5.69 Å². The second-order valence-corrected chi connectivity index (χ2v) is 12.7. The summed E-state index contributed by atoms with van der Waals surface area (Å²) in [5.41, 5.74) is 1.84. The molecular weight excluding hydrogens is 640 g/mol. The van der Waals surface area contributed by atoms with Crippen molar-refractivity contribution in [2.24, 2.45) is 10.9 Å². The molecular formula is C26H17F6N5O5S2. The molecule has 0 unspecified atom stereocenters. The topological polar surface area (TPSA) is 167 Å². The van der Waals surface area contributed by atoms with E-state index in [0.29, 0.717) is 5.39 Å². The highest BCUT2D eigenvalue weighted by Crippen LogP contribution is 2.38. The van der Waals surface area contributed by atoms with Crippen molar-refractivity contribution in [3.05, 3.63) is 89.6 Å². The van der Waals surface area contributed by atoms with Gasteiger partial charge in [-0.25, -0.2) is 26.7 Å². The molecule has 230 valence electrons. The SMILES string of the molecule is NC(=O)c1nn(-c2ccc(S(N)(=O)=O)cc2)c2c1ccc1ccc(NS(=O)(=O)c3cc(C(F)(F)F)cc(C(F)(F)F)c3)cc12. The number of nitrogens with one attached hydrogen (secondary N) is 1. The largest absolute Gasteiger partial charge is 0.416 e. The Hall–Kier alpha value is -4.68.